The molecule has 0 atom stereocenters. The lowest BCUT2D eigenvalue weighted by molar-refractivity contribution is -0.145. The number of aromatic nitrogens is 1. The number of rotatable bonds is 11. The second-order valence-corrected chi connectivity index (χ2v) is 11.2. The van der Waals surface area contributed by atoms with Crippen LogP contribution in [0.1, 0.15) is 69.0 Å². The summed E-state index contributed by atoms with van der Waals surface area (Å²) in [5.41, 5.74) is 2.35. The summed E-state index contributed by atoms with van der Waals surface area (Å²) in [5.74, 6) is 0.238. The van der Waals surface area contributed by atoms with Gasteiger partial charge in [-0.25, -0.2) is 0 Å². The first-order valence-electron chi connectivity index (χ1n) is 13.5. The fraction of sp³-hybridized carbons (Fsp3) is 0.586. The molecule has 2 saturated carbocycles. The van der Waals surface area contributed by atoms with Gasteiger partial charge < -0.3 is 19.1 Å². The Hall–Kier alpha value is -2.12. The first-order chi connectivity index (χ1) is 17.5. The number of hydrogen-bond donors (Lipinski definition) is 0. The highest BCUT2D eigenvalue weighted by Crippen LogP contribution is 2.28. The van der Waals surface area contributed by atoms with E-state index >= 15 is 0 Å². The third-order valence-corrected chi connectivity index (χ3v) is 8.29. The molecule has 36 heavy (non-hydrogen) atoms. The molecule has 2 aliphatic carbocycles. The number of hydrogen-bond acceptors (Lipinski definition) is 3. The number of carbonyl (C=O) groups is 2. The molecule has 7 heteroatoms. The predicted octanol–water partition coefficient (Wildman–Crippen LogP) is 5.63. The van der Waals surface area contributed by atoms with Crippen molar-refractivity contribution in [3.05, 3.63) is 58.3 Å². The maximum absolute atomic E-state index is 13.8. The van der Waals surface area contributed by atoms with Crippen molar-refractivity contribution in [3.63, 3.8) is 0 Å². The lowest BCUT2D eigenvalue weighted by Gasteiger charge is -2.36. The molecule has 2 aliphatic rings. The van der Waals surface area contributed by atoms with Crippen LogP contribution in [-0.2, 0) is 27.4 Å². The second-order valence-electron chi connectivity index (χ2n) is 10.3. The SMILES string of the molecule is COCCN(CC(=O)N(Cc1cccn1Cc1ccc(Br)cc1)C1CCCCC1)C(=O)C1CCCC1. The molecule has 2 amide bonds. The summed E-state index contributed by atoms with van der Waals surface area (Å²) in [4.78, 5) is 30.9. The predicted molar refractivity (Wildman–Crippen MR) is 146 cm³/mol. The van der Waals surface area contributed by atoms with Gasteiger partial charge in [-0.1, -0.05) is 60.2 Å². The Balaban J connectivity index is 1.50. The number of ether oxygens (including phenoxy) is 1. The Labute approximate surface area is 224 Å². The molecule has 0 N–H and O–H groups in total. The van der Waals surface area contributed by atoms with Crippen LogP contribution in [0.3, 0.4) is 0 Å². The first-order valence-corrected chi connectivity index (χ1v) is 14.3. The zero-order valence-electron chi connectivity index (χ0n) is 21.5. The molecule has 0 saturated heterocycles. The highest BCUT2D eigenvalue weighted by Gasteiger charge is 2.32. The summed E-state index contributed by atoms with van der Waals surface area (Å²) in [7, 11) is 1.65. The maximum Gasteiger partial charge on any atom is 0.242 e. The summed E-state index contributed by atoms with van der Waals surface area (Å²) in [6.07, 6.45) is 11.8. The van der Waals surface area contributed by atoms with Gasteiger partial charge in [-0.05, 0) is 55.5 Å². The topological polar surface area (TPSA) is 54.8 Å². The number of benzene rings is 1. The van der Waals surface area contributed by atoms with E-state index in [0.29, 0.717) is 19.7 Å². The Morgan fingerprint density at radius 1 is 1.00 bits per heavy atom. The minimum Gasteiger partial charge on any atom is -0.383 e. The van der Waals surface area contributed by atoms with Gasteiger partial charge in [-0.15, -0.1) is 0 Å². The van der Waals surface area contributed by atoms with Crippen LogP contribution in [-0.4, -0.2) is 59.0 Å². The highest BCUT2D eigenvalue weighted by atomic mass is 79.9. The number of carbonyl (C=O) groups excluding carboxylic acids is 2. The lowest BCUT2D eigenvalue weighted by atomic mass is 9.94. The summed E-state index contributed by atoms with van der Waals surface area (Å²) < 4.78 is 8.59. The van der Waals surface area contributed by atoms with Crippen LogP contribution < -0.4 is 0 Å². The van der Waals surface area contributed by atoms with Crippen molar-refractivity contribution in [2.24, 2.45) is 5.92 Å². The normalized spacial score (nSPS) is 16.8. The van der Waals surface area contributed by atoms with E-state index in [4.69, 9.17) is 4.74 Å². The van der Waals surface area contributed by atoms with Crippen LogP contribution in [0.15, 0.2) is 47.1 Å². The van der Waals surface area contributed by atoms with E-state index in [1.165, 1.54) is 12.0 Å². The van der Waals surface area contributed by atoms with Gasteiger partial charge in [0, 0.05) is 48.5 Å². The molecule has 1 aromatic heterocycles. The largest absolute Gasteiger partial charge is 0.383 e. The molecule has 0 aliphatic heterocycles. The molecule has 0 unspecified atom stereocenters. The molecular weight excluding hydrogens is 518 g/mol. The van der Waals surface area contributed by atoms with Crippen molar-refractivity contribution in [1.82, 2.24) is 14.4 Å². The number of halogens is 1. The van der Waals surface area contributed by atoms with Gasteiger partial charge in [0.05, 0.1) is 19.7 Å². The van der Waals surface area contributed by atoms with Crippen LogP contribution >= 0.6 is 15.9 Å². The fourth-order valence-electron chi connectivity index (χ4n) is 5.68. The molecule has 2 fully saturated rings. The second kappa shape index (κ2) is 13.4. The fourth-order valence-corrected chi connectivity index (χ4v) is 5.94. The summed E-state index contributed by atoms with van der Waals surface area (Å²) in [6, 6.07) is 12.8. The average Bonchev–Trinajstić information content (AvgIpc) is 3.59. The van der Waals surface area contributed by atoms with Crippen LogP contribution in [0.25, 0.3) is 0 Å². The van der Waals surface area contributed by atoms with E-state index in [0.717, 1.165) is 68.1 Å². The molecule has 2 aromatic rings. The molecule has 6 nitrogen and oxygen atoms in total. The maximum atomic E-state index is 13.8. The quantitative estimate of drug-likeness (QED) is 0.360. The molecule has 0 radical (unpaired) electrons. The van der Waals surface area contributed by atoms with Crippen molar-refractivity contribution in [2.75, 3.05) is 26.8 Å². The van der Waals surface area contributed by atoms with Crippen LogP contribution in [0.2, 0.25) is 0 Å². The van der Waals surface area contributed by atoms with Crippen LogP contribution in [0, 0.1) is 5.92 Å². The molecule has 4 rings (SSSR count). The Morgan fingerprint density at radius 3 is 2.39 bits per heavy atom. The molecule has 196 valence electrons. The van der Waals surface area contributed by atoms with Gasteiger partial charge in [0.15, 0.2) is 0 Å². The van der Waals surface area contributed by atoms with Crippen molar-refractivity contribution < 1.29 is 14.3 Å². The van der Waals surface area contributed by atoms with Gasteiger partial charge in [-0.2, -0.15) is 0 Å². The number of amides is 2. The van der Waals surface area contributed by atoms with Crippen molar-refractivity contribution in [3.8, 4) is 0 Å². The average molecular weight is 559 g/mol. The van der Waals surface area contributed by atoms with Crippen molar-refractivity contribution in [1.29, 1.82) is 0 Å². The Morgan fingerprint density at radius 2 is 1.69 bits per heavy atom. The minimum atomic E-state index is 0.0562. The van der Waals surface area contributed by atoms with E-state index < -0.39 is 0 Å². The lowest BCUT2D eigenvalue weighted by Crippen LogP contribution is -2.49. The third kappa shape index (κ3) is 7.22. The summed E-state index contributed by atoms with van der Waals surface area (Å²) in [5, 5.41) is 0. The summed E-state index contributed by atoms with van der Waals surface area (Å²) in [6.45, 7) is 2.40. The van der Waals surface area contributed by atoms with Crippen molar-refractivity contribution >= 4 is 27.7 Å². The smallest absolute Gasteiger partial charge is 0.242 e. The number of methoxy groups -OCH3 is 1. The first kappa shape index (κ1) is 26.9. The van der Waals surface area contributed by atoms with Gasteiger partial charge in [0.25, 0.3) is 0 Å². The van der Waals surface area contributed by atoms with Gasteiger partial charge in [0.2, 0.25) is 11.8 Å². The number of nitrogens with zero attached hydrogens (tertiary/aromatic N) is 3. The van der Waals surface area contributed by atoms with Gasteiger partial charge in [0.1, 0.15) is 0 Å². The molecule has 1 aromatic carbocycles. The van der Waals surface area contributed by atoms with Crippen LogP contribution in [0.4, 0.5) is 0 Å². The Bertz CT molecular complexity index is 978. The zero-order chi connectivity index (χ0) is 25.3. The summed E-state index contributed by atoms with van der Waals surface area (Å²) >= 11 is 3.51. The highest BCUT2D eigenvalue weighted by molar-refractivity contribution is 9.10. The van der Waals surface area contributed by atoms with Crippen molar-refractivity contribution in [2.45, 2.75) is 76.9 Å². The molecule has 1 heterocycles. The molecular formula is C29H40BrN3O3. The zero-order valence-corrected chi connectivity index (χ0v) is 23.1. The third-order valence-electron chi connectivity index (χ3n) is 7.77. The van der Waals surface area contributed by atoms with E-state index in [9.17, 15) is 9.59 Å². The van der Waals surface area contributed by atoms with E-state index in [2.05, 4.69) is 68.0 Å². The minimum absolute atomic E-state index is 0.0562. The van der Waals surface area contributed by atoms with E-state index in [1.54, 1.807) is 12.0 Å². The van der Waals surface area contributed by atoms with E-state index in [1.807, 2.05) is 0 Å². The molecule has 0 spiro atoms. The van der Waals surface area contributed by atoms with Gasteiger partial charge >= 0.3 is 0 Å². The van der Waals surface area contributed by atoms with Crippen LogP contribution in [0.5, 0.6) is 0 Å². The standard InChI is InChI=1S/C29H40BrN3O3/c1-36-19-18-32(29(35)24-8-5-6-9-24)22-28(34)33(26-10-3-2-4-11-26)21-27-12-7-17-31(27)20-23-13-15-25(30)16-14-23/h7,12-17,24,26H,2-6,8-11,18-22H2,1H3. The molecule has 0 bridgehead atoms. The van der Waals surface area contributed by atoms with Gasteiger partial charge in [-0.3, -0.25) is 9.59 Å². The van der Waals surface area contributed by atoms with E-state index in [-0.39, 0.29) is 30.3 Å². The Kier molecular flexibility index (Phi) is 10.0. The monoisotopic (exact) mass is 557 g/mol.